The molecular formula is C15H23N3O3. The number of nitrogens with zero attached hydrogens (tertiary/aromatic N) is 2. The van der Waals surface area contributed by atoms with Gasteiger partial charge in [0.25, 0.3) is 0 Å². The van der Waals surface area contributed by atoms with Gasteiger partial charge in [-0.3, -0.25) is 9.78 Å². The molecule has 116 valence electrons. The van der Waals surface area contributed by atoms with E-state index in [4.69, 9.17) is 5.11 Å². The van der Waals surface area contributed by atoms with E-state index in [0.29, 0.717) is 19.5 Å². The Bertz CT molecular complexity index is 451. The van der Waals surface area contributed by atoms with Gasteiger partial charge in [0.05, 0.1) is 12.2 Å². The molecule has 0 saturated carbocycles. The van der Waals surface area contributed by atoms with E-state index in [0.717, 1.165) is 12.1 Å². The minimum atomic E-state index is -0.777. The molecule has 6 heteroatoms. The highest BCUT2D eigenvalue weighted by Crippen LogP contribution is 2.09. The van der Waals surface area contributed by atoms with Gasteiger partial charge in [-0.2, -0.15) is 0 Å². The van der Waals surface area contributed by atoms with Gasteiger partial charge in [0, 0.05) is 26.2 Å². The molecule has 1 aromatic heterocycles. The SMILES string of the molecule is CC(CCNC(=O)N(C)Cc1ccccn1)CCC(=O)O. The second kappa shape index (κ2) is 8.94. The lowest BCUT2D eigenvalue weighted by Gasteiger charge is -2.18. The Balaban J connectivity index is 2.22. The standard InChI is InChI=1S/C15H23N3O3/c1-12(6-7-14(19)20)8-10-17-15(21)18(2)11-13-5-3-4-9-16-13/h3-5,9,12H,6-8,10-11H2,1-2H3,(H,17,21)(H,19,20). The number of aromatic nitrogens is 1. The largest absolute Gasteiger partial charge is 0.481 e. The van der Waals surface area contributed by atoms with Gasteiger partial charge in [0.2, 0.25) is 0 Å². The van der Waals surface area contributed by atoms with E-state index >= 15 is 0 Å². The average Bonchev–Trinajstić information content (AvgIpc) is 2.46. The lowest BCUT2D eigenvalue weighted by Crippen LogP contribution is -2.37. The van der Waals surface area contributed by atoms with Gasteiger partial charge in [0.15, 0.2) is 0 Å². The van der Waals surface area contributed by atoms with Gasteiger partial charge in [-0.05, 0) is 30.9 Å². The summed E-state index contributed by atoms with van der Waals surface area (Å²) in [7, 11) is 1.72. The van der Waals surface area contributed by atoms with E-state index in [1.807, 2.05) is 25.1 Å². The topological polar surface area (TPSA) is 82.5 Å². The highest BCUT2D eigenvalue weighted by Gasteiger charge is 2.10. The second-order valence-corrected chi connectivity index (χ2v) is 5.24. The van der Waals surface area contributed by atoms with Crippen molar-refractivity contribution in [1.29, 1.82) is 0 Å². The summed E-state index contributed by atoms with van der Waals surface area (Å²) in [5, 5.41) is 11.4. The van der Waals surface area contributed by atoms with Crippen molar-refractivity contribution in [2.75, 3.05) is 13.6 Å². The van der Waals surface area contributed by atoms with E-state index in [2.05, 4.69) is 10.3 Å². The van der Waals surface area contributed by atoms with Crippen molar-refractivity contribution in [2.45, 2.75) is 32.7 Å². The smallest absolute Gasteiger partial charge is 0.317 e. The van der Waals surface area contributed by atoms with Crippen molar-refractivity contribution < 1.29 is 14.7 Å². The quantitative estimate of drug-likeness (QED) is 0.769. The number of rotatable bonds is 8. The summed E-state index contributed by atoms with van der Waals surface area (Å²) < 4.78 is 0. The molecule has 0 aliphatic heterocycles. The van der Waals surface area contributed by atoms with Crippen LogP contribution in [0.2, 0.25) is 0 Å². The zero-order valence-corrected chi connectivity index (χ0v) is 12.6. The third kappa shape index (κ3) is 7.29. The number of amides is 2. The molecule has 0 aliphatic carbocycles. The number of hydrogen-bond acceptors (Lipinski definition) is 3. The molecule has 1 atom stereocenters. The van der Waals surface area contributed by atoms with Crippen LogP contribution in [0.5, 0.6) is 0 Å². The molecule has 1 unspecified atom stereocenters. The van der Waals surface area contributed by atoms with Crippen LogP contribution in [0.3, 0.4) is 0 Å². The molecule has 0 aliphatic rings. The van der Waals surface area contributed by atoms with Gasteiger partial charge in [-0.25, -0.2) is 4.79 Å². The zero-order valence-electron chi connectivity index (χ0n) is 12.6. The number of pyridine rings is 1. The first-order valence-electron chi connectivity index (χ1n) is 7.09. The zero-order chi connectivity index (χ0) is 15.7. The normalized spacial score (nSPS) is 11.7. The maximum atomic E-state index is 11.9. The number of carboxylic acid groups (broad SMARTS) is 1. The Morgan fingerprint density at radius 2 is 2.14 bits per heavy atom. The number of carboxylic acids is 1. The number of carbonyl (C=O) groups excluding carboxylic acids is 1. The molecule has 2 N–H and O–H groups in total. The number of nitrogens with one attached hydrogen (secondary N) is 1. The molecule has 21 heavy (non-hydrogen) atoms. The second-order valence-electron chi connectivity index (χ2n) is 5.24. The van der Waals surface area contributed by atoms with Gasteiger partial charge in [-0.15, -0.1) is 0 Å². The fourth-order valence-electron chi connectivity index (χ4n) is 1.88. The molecule has 1 heterocycles. The van der Waals surface area contributed by atoms with Crippen LogP contribution in [-0.4, -0.2) is 40.6 Å². The maximum absolute atomic E-state index is 11.9. The monoisotopic (exact) mass is 293 g/mol. The molecule has 6 nitrogen and oxygen atoms in total. The molecule has 0 aromatic carbocycles. The highest BCUT2D eigenvalue weighted by molar-refractivity contribution is 5.73. The first kappa shape index (κ1) is 16.9. The third-order valence-electron chi connectivity index (χ3n) is 3.24. The minimum absolute atomic E-state index is 0.147. The van der Waals surface area contributed by atoms with Crippen molar-refractivity contribution in [1.82, 2.24) is 15.2 Å². The molecule has 2 amide bonds. The molecule has 0 spiro atoms. The van der Waals surface area contributed by atoms with Crippen LogP contribution >= 0.6 is 0 Å². The van der Waals surface area contributed by atoms with Gasteiger partial charge in [-0.1, -0.05) is 13.0 Å². The average molecular weight is 293 g/mol. The molecule has 0 radical (unpaired) electrons. The van der Waals surface area contributed by atoms with Gasteiger partial charge in [0.1, 0.15) is 0 Å². The lowest BCUT2D eigenvalue weighted by molar-refractivity contribution is -0.137. The molecule has 1 aromatic rings. The summed E-state index contributed by atoms with van der Waals surface area (Å²) >= 11 is 0. The molecule has 1 rings (SSSR count). The predicted molar refractivity (Wildman–Crippen MR) is 79.8 cm³/mol. The maximum Gasteiger partial charge on any atom is 0.317 e. The van der Waals surface area contributed by atoms with Crippen molar-refractivity contribution in [2.24, 2.45) is 5.92 Å². The van der Waals surface area contributed by atoms with Crippen LogP contribution in [-0.2, 0) is 11.3 Å². The Hall–Kier alpha value is -2.11. The van der Waals surface area contributed by atoms with E-state index in [1.165, 1.54) is 0 Å². The van der Waals surface area contributed by atoms with Crippen LogP contribution in [0, 0.1) is 5.92 Å². The van der Waals surface area contributed by atoms with Gasteiger partial charge < -0.3 is 15.3 Å². The Morgan fingerprint density at radius 1 is 1.38 bits per heavy atom. The van der Waals surface area contributed by atoms with Crippen molar-refractivity contribution in [3.8, 4) is 0 Å². The molecule has 0 bridgehead atoms. The van der Waals surface area contributed by atoms with E-state index in [9.17, 15) is 9.59 Å². The summed E-state index contributed by atoms with van der Waals surface area (Å²) in [6.07, 6.45) is 3.28. The predicted octanol–water partition coefficient (Wildman–Crippen LogP) is 2.11. The van der Waals surface area contributed by atoms with Crippen molar-refractivity contribution in [3.05, 3.63) is 30.1 Å². The Morgan fingerprint density at radius 3 is 2.76 bits per heavy atom. The fraction of sp³-hybridized carbons (Fsp3) is 0.533. The fourth-order valence-corrected chi connectivity index (χ4v) is 1.88. The summed E-state index contributed by atoms with van der Waals surface area (Å²) in [5.41, 5.74) is 0.838. The minimum Gasteiger partial charge on any atom is -0.481 e. The van der Waals surface area contributed by atoms with E-state index in [1.54, 1.807) is 18.1 Å². The number of hydrogen-bond donors (Lipinski definition) is 2. The van der Waals surface area contributed by atoms with Crippen LogP contribution < -0.4 is 5.32 Å². The van der Waals surface area contributed by atoms with E-state index < -0.39 is 5.97 Å². The van der Waals surface area contributed by atoms with Gasteiger partial charge >= 0.3 is 12.0 Å². The Labute approximate surface area is 125 Å². The summed E-state index contributed by atoms with van der Waals surface area (Å²) in [4.78, 5) is 28.1. The molecule has 0 fully saturated rings. The van der Waals surface area contributed by atoms with Crippen LogP contribution in [0.15, 0.2) is 24.4 Å². The first-order valence-corrected chi connectivity index (χ1v) is 7.09. The first-order chi connectivity index (χ1) is 9.99. The van der Waals surface area contributed by atoms with Crippen LogP contribution in [0.25, 0.3) is 0 Å². The molecule has 0 saturated heterocycles. The van der Waals surface area contributed by atoms with E-state index in [-0.39, 0.29) is 18.4 Å². The molecular weight excluding hydrogens is 270 g/mol. The lowest BCUT2D eigenvalue weighted by atomic mass is 10.0. The summed E-state index contributed by atoms with van der Waals surface area (Å²) in [5.74, 6) is -0.497. The van der Waals surface area contributed by atoms with Crippen molar-refractivity contribution in [3.63, 3.8) is 0 Å². The van der Waals surface area contributed by atoms with Crippen LogP contribution in [0.1, 0.15) is 31.9 Å². The third-order valence-corrected chi connectivity index (χ3v) is 3.24. The van der Waals surface area contributed by atoms with Crippen molar-refractivity contribution >= 4 is 12.0 Å². The summed E-state index contributed by atoms with van der Waals surface area (Å²) in [6.45, 7) is 3.00. The summed E-state index contributed by atoms with van der Waals surface area (Å²) in [6, 6.07) is 5.45. The van der Waals surface area contributed by atoms with Crippen LogP contribution in [0.4, 0.5) is 4.79 Å². The number of urea groups is 1. The highest BCUT2D eigenvalue weighted by atomic mass is 16.4. The Kier molecular flexibility index (Phi) is 7.21. The number of aliphatic carboxylic acids is 1. The number of carbonyl (C=O) groups is 2.